The molecule has 1 unspecified atom stereocenters. The molecule has 0 heterocycles. The third-order valence-corrected chi connectivity index (χ3v) is 3.35. The van der Waals surface area contributed by atoms with E-state index >= 15 is 0 Å². The number of amides is 2. The Hall–Kier alpha value is -1.79. The van der Waals surface area contributed by atoms with E-state index in [9.17, 15) is 14.4 Å². The van der Waals surface area contributed by atoms with Crippen LogP contribution in [0.1, 0.15) is 45.4 Å². The molecule has 0 aromatic carbocycles. The molecule has 1 fully saturated rings. The maximum atomic E-state index is 11.7. The molecule has 0 aliphatic heterocycles. The Labute approximate surface area is 111 Å². The summed E-state index contributed by atoms with van der Waals surface area (Å²) in [7, 11) is 0. The van der Waals surface area contributed by atoms with Crippen molar-refractivity contribution in [1.82, 2.24) is 10.6 Å². The van der Waals surface area contributed by atoms with E-state index in [0.29, 0.717) is 0 Å². The van der Waals surface area contributed by atoms with Crippen LogP contribution in [0.2, 0.25) is 0 Å². The smallest absolute Gasteiger partial charge is 0.326 e. The average molecular weight is 272 g/mol. The van der Waals surface area contributed by atoms with Gasteiger partial charge in [-0.15, -0.1) is 0 Å². The van der Waals surface area contributed by atoms with Crippen LogP contribution in [0, 0.1) is 0 Å². The average Bonchev–Trinajstić information content (AvgIpc) is 2.27. The molecule has 1 rings (SSSR count). The molecular weight excluding hydrogens is 252 g/mol. The maximum Gasteiger partial charge on any atom is 0.326 e. The minimum Gasteiger partial charge on any atom is -0.481 e. The highest BCUT2D eigenvalue weighted by molar-refractivity contribution is 5.86. The number of rotatable bonds is 5. The molecule has 0 saturated heterocycles. The van der Waals surface area contributed by atoms with Gasteiger partial charge in [-0.05, 0) is 19.8 Å². The van der Waals surface area contributed by atoms with Crippen LogP contribution in [0.4, 0.5) is 4.79 Å². The fraction of sp³-hybridized carbons (Fsp3) is 0.750. The molecule has 4 N–H and O–H groups in total. The summed E-state index contributed by atoms with van der Waals surface area (Å²) in [6.45, 7) is 1.92. The second-order valence-corrected chi connectivity index (χ2v) is 5.21. The van der Waals surface area contributed by atoms with Gasteiger partial charge in [-0.3, -0.25) is 4.79 Å². The number of urea groups is 1. The lowest BCUT2D eigenvalue weighted by atomic mass is 9.83. The van der Waals surface area contributed by atoms with Crippen LogP contribution in [0.3, 0.4) is 0 Å². The van der Waals surface area contributed by atoms with Gasteiger partial charge in [0.15, 0.2) is 0 Å². The van der Waals surface area contributed by atoms with Crippen molar-refractivity contribution in [2.75, 3.05) is 0 Å². The van der Waals surface area contributed by atoms with E-state index in [2.05, 4.69) is 10.6 Å². The van der Waals surface area contributed by atoms with Crippen molar-refractivity contribution in [2.45, 2.75) is 57.0 Å². The standard InChI is InChI=1S/C12H20N2O5/c1-12(5-3-2-4-6-12)14-11(19)13-8(10(17)18)7-9(15)16/h8H,2-7H2,1H3,(H,15,16)(H,17,18)(H2,13,14,19). The van der Waals surface area contributed by atoms with Crippen molar-refractivity contribution in [1.29, 1.82) is 0 Å². The molecule has 1 aliphatic carbocycles. The molecule has 1 aliphatic rings. The van der Waals surface area contributed by atoms with Crippen LogP contribution in [-0.4, -0.2) is 39.8 Å². The van der Waals surface area contributed by atoms with Gasteiger partial charge in [0.05, 0.1) is 6.42 Å². The third kappa shape index (κ3) is 5.15. The highest BCUT2D eigenvalue weighted by atomic mass is 16.4. The Balaban J connectivity index is 2.52. The normalized spacial score (nSPS) is 19.2. The molecule has 0 aromatic heterocycles. The van der Waals surface area contributed by atoms with Crippen LogP contribution in [-0.2, 0) is 9.59 Å². The highest BCUT2D eigenvalue weighted by Crippen LogP contribution is 2.27. The Morgan fingerprint density at radius 3 is 2.21 bits per heavy atom. The zero-order chi connectivity index (χ0) is 14.5. The topological polar surface area (TPSA) is 116 Å². The van der Waals surface area contributed by atoms with Crippen molar-refractivity contribution in [3.05, 3.63) is 0 Å². The molecule has 0 bridgehead atoms. The number of carboxylic acid groups (broad SMARTS) is 2. The summed E-state index contributed by atoms with van der Waals surface area (Å²) in [6.07, 6.45) is 4.23. The van der Waals surface area contributed by atoms with Gasteiger partial charge in [-0.25, -0.2) is 9.59 Å². The minimum atomic E-state index is -1.41. The highest BCUT2D eigenvalue weighted by Gasteiger charge is 2.30. The third-order valence-electron chi connectivity index (χ3n) is 3.35. The Morgan fingerprint density at radius 2 is 1.74 bits per heavy atom. The summed E-state index contributed by atoms with van der Waals surface area (Å²) in [5.41, 5.74) is -0.339. The number of carbonyl (C=O) groups is 3. The molecule has 0 aromatic rings. The first-order valence-corrected chi connectivity index (χ1v) is 6.36. The Morgan fingerprint density at radius 1 is 1.16 bits per heavy atom. The van der Waals surface area contributed by atoms with Crippen molar-refractivity contribution >= 4 is 18.0 Å². The molecule has 7 nitrogen and oxygen atoms in total. The SMILES string of the molecule is CC1(NC(=O)NC(CC(=O)O)C(=O)O)CCCCC1. The van der Waals surface area contributed by atoms with Gasteiger partial charge in [-0.2, -0.15) is 0 Å². The van der Waals surface area contributed by atoms with Gasteiger partial charge in [0, 0.05) is 5.54 Å². The van der Waals surface area contributed by atoms with Crippen molar-refractivity contribution in [2.24, 2.45) is 0 Å². The van der Waals surface area contributed by atoms with E-state index in [1.54, 1.807) is 0 Å². The predicted octanol–water partition coefficient (Wildman–Crippen LogP) is 0.936. The van der Waals surface area contributed by atoms with Crippen LogP contribution >= 0.6 is 0 Å². The minimum absolute atomic E-state index is 0.339. The summed E-state index contributed by atoms with van der Waals surface area (Å²) >= 11 is 0. The summed E-state index contributed by atoms with van der Waals surface area (Å²) in [4.78, 5) is 33.1. The number of aliphatic carboxylic acids is 2. The van der Waals surface area contributed by atoms with Crippen molar-refractivity contribution < 1.29 is 24.6 Å². The van der Waals surface area contributed by atoms with E-state index in [4.69, 9.17) is 10.2 Å². The number of carboxylic acids is 2. The first kappa shape index (κ1) is 15.3. The van der Waals surface area contributed by atoms with Gasteiger partial charge < -0.3 is 20.8 Å². The van der Waals surface area contributed by atoms with Crippen LogP contribution in [0.5, 0.6) is 0 Å². The second kappa shape index (κ2) is 6.40. The van der Waals surface area contributed by atoms with Crippen LogP contribution in [0.15, 0.2) is 0 Å². The fourth-order valence-corrected chi connectivity index (χ4v) is 2.30. The Kier molecular flexibility index (Phi) is 5.14. The fourth-order valence-electron chi connectivity index (χ4n) is 2.30. The number of nitrogens with one attached hydrogen (secondary N) is 2. The first-order valence-electron chi connectivity index (χ1n) is 6.36. The lowest BCUT2D eigenvalue weighted by molar-refractivity contribution is -0.145. The lowest BCUT2D eigenvalue weighted by Crippen LogP contribution is -2.54. The molecule has 108 valence electrons. The summed E-state index contributed by atoms with van der Waals surface area (Å²) in [5, 5.41) is 22.4. The van der Waals surface area contributed by atoms with E-state index in [-0.39, 0.29) is 5.54 Å². The number of hydrogen-bond acceptors (Lipinski definition) is 3. The molecule has 19 heavy (non-hydrogen) atoms. The molecule has 1 atom stereocenters. The molecule has 0 spiro atoms. The largest absolute Gasteiger partial charge is 0.481 e. The Bertz CT molecular complexity index is 363. The molecule has 1 saturated carbocycles. The second-order valence-electron chi connectivity index (χ2n) is 5.21. The summed E-state index contributed by atoms with van der Waals surface area (Å²) in [6, 6.07) is -2.04. The van der Waals surface area contributed by atoms with E-state index in [0.717, 1.165) is 32.1 Å². The molecule has 7 heteroatoms. The summed E-state index contributed by atoms with van der Waals surface area (Å²) < 4.78 is 0. The first-order chi connectivity index (χ1) is 8.82. The van der Waals surface area contributed by atoms with E-state index < -0.39 is 30.4 Å². The molecule has 0 radical (unpaired) electrons. The monoisotopic (exact) mass is 272 g/mol. The van der Waals surface area contributed by atoms with Crippen LogP contribution in [0.25, 0.3) is 0 Å². The van der Waals surface area contributed by atoms with Gasteiger partial charge in [0.1, 0.15) is 6.04 Å². The summed E-state index contributed by atoms with van der Waals surface area (Å²) in [5.74, 6) is -2.62. The van der Waals surface area contributed by atoms with Gasteiger partial charge >= 0.3 is 18.0 Å². The van der Waals surface area contributed by atoms with Crippen molar-refractivity contribution in [3.63, 3.8) is 0 Å². The number of carbonyl (C=O) groups excluding carboxylic acids is 1. The quantitative estimate of drug-likeness (QED) is 0.594. The van der Waals surface area contributed by atoms with Crippen LogP contribution < -0.4 is 10.6 Å². The molecule has 2 amide bonds. The van der Waals surface area contributed by atoms with Crippen molar-refractivity contribution in [3.8, 4) is 0 Å². The number of hydrogen-bond donors (Lipinski definition) is 4. The zero-order valence-electron chi connectivity index (χ0n) is 10.9. The maximum absolute atomic E-state index is 11.7. The van der Waals surface area contributed by atoms with Gasteiger partial charge in [-0.1, -0.05) is 19.3 Å². The zero-order valence-corrected chi connectivity index (χ0v) is 10.9. The predicted molar refractivity (Wildman–Crippen MR) is 66.8 cm³/mol. The van der Waals surface area contributed by atoms with E-state index in [1.807, 2.05) is 6.92 Å². The van der Waals surface area contributed by atoms with Gasteiger partial charge in [0.25, 0.3) is 0 Å². The lowest BCUT2D eigenvalue weighted by Gasteiger charge is -2.34. The molecular formula is C12H20N2O5. The van der Waals surface area contributed by atoms with Gasteiger partial charge in [0.2, 0.25) is 0 Å². The van der Waals surface area contributed by atoms with E-state index in [1.165, 1.54) is 0 Å².